The summed E-state index contributed by atoms with van der Waals surface area (Å²) in [5.41, 5.74) is 2.92. The summed E-state index contributed by atoms with van der Waals surface area (Å²) in [5.74, 6) is 1.26. The molecule has 1 fully saturated rings. The molecule has 0 spiro atoms. The number of fused-ring (bicyclic) bond motifs is 1. The molecule has 140 valence electrons. The minimum atomic E-state index is -0.175. The first-order valence-corrected chi connectivity index (χ1v) is 9.71. The third-order valence-electron chi connectivity index (χ3n) is 5.27. The van der Waals surface area contributed by atoms with Gasteiger partial charge in [0.2, 0.25) is 5.91 Å². The summed E-state index contributed by atoms with van der Waals surface area (Å²) in [6, 6.07) is 16.0. The lowest BCUT2D eigenvalue weighted by Gasteiger charge is -2.32. The van der Waals surface area contributed by atoms with Crippen LogP contribution in [-0.2, 0) is 11.3 Å². The lowest BCUT2D eigenvalue weighted by molar-refractivity contribution is -0.131. The number of nitrogens with zero attached hydrogens (tertiary/aromatic N) is 3. The number of imidazole rings is 1. The highest BCUT2D eigenvalue weighted by molar-refractivity contribution is 6.31. The van der Waals surface area contributed by atoms with E-state index in [9.17, 15) is 4.79 Å². The molecule has 1 unspecified atom stereocenters. The lowest BCUT2D eigenvalue weighted by Crippen LogP contribution is -2.42. The third-order valence-corrected chi connectivity index (χ3v) is 5.64. The molecule has 1 amide bonds. The zero-order chi connectivity index (χ0) is 19.2. The van der Waals surface area contributed by atoms with E-state index in [0.717, 1.165) is 27.4 Å². The molecular formula is C22H24ClN3O. The second-order valence-electron chi connectivity index (χ2n) is 8.21. The third kappa shape index (κ3) is 3.34. The molecule has 0 N–H and O–H groups in total. The van der Waals surface area contributed by atoms with E-state index in [1.807, 2.05) is 47.4 Å². The average Bonchev–Trinajstić information content (AvgIpc) is 3.18. The Labute approximate surface area is 164 Å². The molecule has 1 aliphatic heterocycles. The quantitative estimate of drug-likeness (QED) is 0.650. The van der Waals surface area contributed by atoms with Crippen LogP contribution < -0.4 is 0 Å². The first-order chi connectivity index (χ1) is 12.8. The van der Waals surface area contributed by atoms with Gasteiger partial charge in [0.05, 0.1) is 17.6 Å². The van der Waals surface area contributed by atoms with Gasteiger partial charge in [-0.25, -0.2) is 4.98 Å². The maximum atomic E-state index is 12.6. The smallest absolute Gasteiger partial charge is 0.223 e. The Balaban J connectivity index is 1.77. The van der Waals surface area contributed by atoms with Crippen molar-refractivity contribution >= 4 is 28.5 Å². The Morgan fingerprint density at radius 1 is 1.11 bits per heavy atom. The summed E-state index contributed by atoms with van der Waals surface area (Å²) in [6.07, 6.45) is 0.503. The Hall–Kier alpha value is -2.33. The highest BCUT2D eigenvalue weighted by Gasteiger charge is 2.39. The number of likely N-dealkylation sites (tertiary alicyclic amines) is 1. The summed E-state index contributed by atoms with van der Waals surface area (Å²) >= 11 is 6.41. The number of hydrogen-bond acceptors (Lipinski definition) is 2. The molecule has 2 aromatic carbocycles. The lowest BCUT2D eigenvalue weighted by atomic mass is 10.1. The van der Waals surface area contributed by atoms with Crippen molar-refractivity contribution < 1.29 is 4.79 Å². The van der Waals surface area contributed by atoms with Gasteiger partial charge in [0, 0.05) is 29.4 Å². The Bertz CT molecular complexity index is 1000. The van der Waals surface area contributed by atoms with Crippen molar-refractivity contribution in [3.8, 4) is 0 Å². The Morgan fingerprint density at radius 2 is 1.81 bits per heavy atom. The fourth-order valence-electron chi connectivity index (χ4n) is 3.90. The predicted octanol–water partition coefficient (Wildman–Crippen LogP) is 4.85. The van der Waals surface area contributed by atoms with Gasteiger partial charge in [-0.3, -0.25) is 4.79 Å². The highest BCUT2D eigenvalue weighted by Crippen LogP contribution is 2.34. The number of benzene rings is 2. The molecule has 1 atom stereocenters. The normalized spacial score (nSPS) is 17.9. The molecule has 2 heterocycles. The van der Waals surface area contributed by atoms with Gasteiger partial charge in [0.25, 0.3) is 0 Å². The van der Waals surface area contributed by atoms with Gasteiger partial charge in [0.15, 0.2) is 0 Å². The first-order valence-electron chi connectivity index (χ1n) is 9.33. The van der Waals surface area contributed by atoms with Crippen molar-refractivity contribution in [3.63, 3.8) is 0 Å². The van der Waals surface area contributed by atoms with Crippen molar-refractivity contribution in [3.05, 3.63) is 64.9 Å². The number of aromatic nitrogens is 2. The van der Waals surface area contributed by atoms with Gasteiger partial charge in [-0.05, 0) is 44.5 Å². The fraction of sp³-hybridized carbons (Fsp3) is 0.364. The summed E-state index contributed by atoms with van der Waals surface area (Å²) < 4.78 is 2.22. The average molecular weight is 382 g/mol. The molecule has 3 aromatic rings. The van der Waals surface area contributed by atoms with Crippen molar-refractivity contribution in [1.29, 1.82) is 0 Å². The minimum absolute atomic E-state index is 0.0895. The standard InChI is InChI=1S/C22H24ClN3O/c1-22(2,3)26-14-16(12-20(26)27)21-24-18-10-6-7-11-19(18)25(21)13-15-8-4-5-9-17(15)23/h4-11,16H,12-14H2,1-3H3. The molecule has 0 saturated carbocycles. The zero-order valence-corrected chi connectivity index (χ0v) is 16.7. The van der Waals surface area contributed by atoms with E-state index in [4.69, 9.17) is 16.6 Å². The van der Waals surface area contributed by atoms with Crippen LogP contribution in [0.25, 0.3) is 11.0 Å². The molecule has 0 aliphatic carbocycles. The van der Waals surface area contributed by atoms with Crippen molar-refractivity contribution in [2.75, 3.05) is 6.54 Å². The number of carbonyl (C=O) groups is 1. The Morgan fingerprint density at radius 3 is 2.52 bits per heavy atom. The van der Waals surface area contributed by atoms with Crippen LogP contribution in [0.4, 0.5) is 0 Å². The fourth-order valence-corrected chi connectivity index (χ4v) is 4.09. The Kier molecular flexibility index (Phi) is 4.47. The van der Waals surface area contributed by atoms with E-state index in [1.54, 1.807) is 0 Å². The van der Waals surface area contributed by atoms with Crippen LogP contribution in [0.2, 0.25) is 5.02 Å². The summed E-state index contributed by atoms with van der Waals surface area (Å²) in [4.78, 5) is 19.5. The van der Waals surface area contributed by atoms with Gasteiger partial charge in [-0.15, -0.1) is 0 Å². The minimum Gasteiger partial charge on any atom is -0.337 e. The van der Waals surface area contributed by atoms with Crippen molar-refractivity contribution in [1.82, 2.24) is 14.5 Å². The van der Waals surface area contributed by atoms with E-state index < -0.39 is 0 Å². The van der Waals surface area contributed by atoms with Crippen molar-refractivity contribution in [2.45, 2.75) is 45.2 Å². The van der Waals surface area contributed by atoms with Crippen LogP contribution >= 0.6 is 11.6 Å². The van der Waals surface area contributed by atoms with Gasteiger partial charge in [-0.2, -0.15) is 0 Å². The van der Waals surface area contributed by atoms with Gasteiger partial charge in [-0.1, -0.05) is 41.9 Å². The molecule has 0 radical (unpaired) electrons. The molecule has 4 rings (SSSR count). The maximum absolute atomic E-state index is 12.6. The first kappa shape index (κ1) is 18.1. The molecule has 5 heteroatoms. The van der Waals surface area contributed by atoms with Gasteiger partial charge < -0.3 is 9.47 Å². The predicted molar refractivity (Wildman–Crippen MR) is 109 cm³/mol. The highest BCUT2D eigenvalue weighted by atomic mass is 35.5. The van der Waals surface area contributed by atoms with E-state index in [-0.39, 0.29) is 17.4 Å². The number of carbonyl (C=O) groups excluding carboxylic acids is 1. The van der Waals surface area contributed by atoms with E-state index in [1.165, 1.54) is 0 Å². The van der Waals surface area contributed by atoms with Crippen molar-refractivity contribution in [2.24, 2.45) is 0 Å². The number of para-hydroxylation sites is 2. The van der Waals surface area contributed by atoms with Crippen LogP contribution in [0.3, 0.4) is 0 Å². The molecule has 27 heavy (non-hydrogen) atoms. The van der Waals surface area contributed by atoms with E-state index in [0.29, 0.717) is 19.5 Å². The topological polar surface area (TPSA) is 38.1 Å². The van der Waals surface area contributed by atoms with Crippen LogP contribution in [0.15, 0.2) is 48.5 Å². The number of amides is 1. The van der Waals surface area contributed by atoms with Gasteiger partial charge in [0.1, 0.15) is 5.82 Å². The molecule has 1 saturated heterocycles. The van der Waals surface area contributed by atoms with Crippen LogP contribution in [0, 0.1) is 0 Å². The molecular weight excluding hydrogens is 358 g/mol. The summed E-state index contributed by atoms with van der Waals surface area (Å²) in [6.45, 7) is 7.60. The second-order valence-corrected chi connectivity index (χ2v) is 8.62. The molecule has 1 aliphatic rings. The monoisotopic (exact) mass is 381 g/mol. The molecule has 0 bridgehead atoms. The summed E-state index contributed by atoms with van der Waals surface area (Å²) in [7, 11) is 0. The van der Waals surface area contributed by atoms with Crippen LogP contribution in [-0.4, -0.2) is 32.4 Å². The van der Waals surface area contributed by atoms with E-state index >= 15 is 0 Å². The SMILES string of the molecule is CC(C)(C)N1CC(c2nc3ccccc3n2Cc2ccccc2Cl)CC1=O. The van der Waals surface area contributed by atoms with E-state index in [2.05, 4.69) is 31.4 Å². The zero-order valence-electron chi connectivity index (χ0n) is 15.9. The number of rotatable bonds is 3. The number of hydrogen-bond donors (Lipinski definition) is 0. The van der Waals surface area contributed by atoms with Gasteiger partial charge >= 0.3 is 0 Å². The molecule has 1 aromatic heterocycles. The second kappa shape index (κ2) is 6.68. The number of halogens is 1. The molecule has 4 nitrogen and oxygen atoms in total. The summed E-state index contributed by atoms with van der Waals surface area (Å²) in [5, 5.41) is 0.750. The van der Waals surface area contributed by atoms with Crippen LogP contribution in [0.1, 0.15) is 44.5 Å². The van der Waals surface area contributed by atoms with Crippen LogP contribution in [0.5, 0.6) is 0 Å². The maximum Gasteiger partial charge on any atom is 0.223 e. The largest absolute Gasteiger partial charge is 0.337 e.